The lowest BCUT2D eigenvalue weighted by atomic mass is 9.48. The highest BCUT2D eigenvalue weighted by Crippen LogP contribution is 2.61. The normalized spacial score (nSPS) is 26.0. The zero-order chi connectivity index (χ0) is 43.0. The second kappa shape index (κ2) is 15.4. The van der Waals surface area contributed by atoms with E-state index < -0.39 is 0 Å². The Balaban J connectivity index is 0.928. The topological polar surface area (TPSA) is 6.48 Å². The van der Waals surface area contributed by atoms with Crippen LogP contribution in [-0.2, 0) is 16.2 Å². The molecule has 0 saturated heterocycles. The van der Waals surface area contributed by atoms with E-state index in [9.17, 15) is 0 Å². The molecule has 2 unspecified atom stereocenters. The maximum Gasteiger partial charge on any atom is 0.0465 e. The number of nitrogens with zero attached hydrogens (tertiary/aromatic N) is 2. The predicted molar refractivity (Wildman–Crippen MR) is 268 cm³/mol. The first-order valence-corrected chi connectivity index (χ1v) is 24.6. The molecule has 0 N–H and O–H groups in total. The van der Waals surface area contributed by atoms with Crippen LogP contribution in [0.4, 0.5) is 34.1 Å². The second-order valence-electron chi connectivity index (χ2n) is 21.2. The number of fused-ring (bicyclic) bond motifs is 3. The highest BCUT2D eigenvalue weighted by atomic mass is 15.1. The first-order valence-electron chi connectivity index (χ1n) is 24.6. The summed E-state index contributed by atoms with van der Waals surface area (Å²) in [5, 5.41) is 0. The van der Waals surface area contributed by atoms with Crippen molar-refractivity contribution in [1.29, 1.82) is 0 Å². The number of rotatable bonds is 9. The largest absolute Gasteiger partial charge is 0.311 e. The van der Waals surface area contributed by atoms with E-state index in [1.807, 2.05) is 0 Å². The van der Waals surface area contributed by atoms with Crippen molar-refractivity contribution < 1.29 is 0 Å². The van der Waals surface area contributed by atoms with Crippen LogP contribution in [0.25, 0.3) is 11.1 Å². The minimum Gasteiger partial charge on any atom is -0.311 e. The van der Waals surface area contributed by atoms with Gasteiger partial charge in [0, 0.05) is 45.0 Å². The summed E-state index contributed by atoms with van der Waals surface area (Å²) < 4.78 is 0. The number of benzene rings is 7. The maximum absolute atomic E-state index is 2.54. The maximum atomic E-state index is 2.54. The van der Waals surface area contributed by atoms with Crippen molar-refractivity contribution >= 4 is 34.1 Å². The fourth-order valence-corrected chi connectivity index (χ4v) is 14.5. The fraction of sp³-hybridized carbons (Fsp3) is 0.323. The molecule has 7 aromatic carbocycles. The molecule has 0 aromatic heterocycles. The van der Waals surface area contributed by atoms with Gasteiger partial charge in [0.15, 0.2) is 0 Å². The van der Waals surface area contributed by atoms with E-state index in [0.29, 0.717) is 11.3 Å². The minimum absolute atomic E-state index is 0.0622. The first kappa shape index (κ1) is 39.7. The molecule has 64 heavy (non-hydrogen) atoms. The van der Waals surface area contributed by atoms with Gasteiger partial charge in [-0.1, -0.05) is 137 Å². The molecule has 0 aliphatic heterocycles. The van der Waals surface area contributed by atoms with Crippen LogP contribution in [0.2, 0.25) is 0 Å². The molecule has 4 bridgehead atoms. The smallest absolute Gasteiger partial charge is 0.0465 e. The SMILES string of the molecule is CC1CCCCC1(c1ccc(N(c2ccccc2)c2ccccc2)cc1)c1ccc(N(c2ccc(C34CC5CC(CC(C5)C3)C4)cc2)c2ccc3c(c2)C(C)(C)c2ccccc2-3)cc1. The van der Waals surface area contributed by atoms with Gasteiger partial charge in [-0.05, 0) is 192 Å². The summed E-state index contributed by atoms with van der Waals surface area (Å²) in [7, 11) is 0. The minimum atomic E-state index is -0.0713. The van der Waals surface area contributed by atoms with Crippen LogP contribution in [0, 0.1) is 23.7 Å². The van der Waals surface area contributed by atoms with E-state index in [1.54, 1.807) is 5.56 Å². The summed E-state index contributed by atoms with van der Waals surface area (Å²) in [6.07, 6.45) is 13.5. The van der Waals surface area contributed by atoms with E-state index >= 15 is 0 Å². The van der Waals surface area contributed by atoms with Gasteiger partial charge in [0.25, 0.3) is 0 Å². The van der Waals surface area contributed by atoms with Crippen molar-refractivity contribution in [1.82, 2.24) is 0 Å². The Bertz CT molecular complexity index is 2710. The Kier molecular flexibility index (Phi) is 9.55. The van der Waals surface area contributed by atoms with E-state index in [1.165, 1.54) is 125 Å². The molecule has 320 valence electrons. The highest BCUT2D eigenvalue weighted by Gasteiger charge is 2.51. The summed E-state index contributed by atoms with van der Waals surface area (Å²) in [6.45, 7) is 7.31. The number of anilines is 6. The molecule has 2 heteroatoms. The van der Waals surface area contributed by atoms with Crippen LogP contribution < -0.4 is 9.80 Å². The van der Waals surface area contributed by atoms with Crippen LogP contribution >= 0.6 is 0 Å². The molecule has 2 atom stereocenters. The van der Waals surface area contributed by atoms with Gasteiger partial charge in [0.2, 0.25) is 0 Å². The van der Waals surface area contributed by atoms with Gasteiger partial charge in [0.05, 0.1) is 0 Å². The van der Waals surface area contributed by atoms with Crippen LogP contribution in [-0.4, -0.2) is 0 Å². The van der Waals surface area contributed by atoms with Crippen LogP contribution in [0.1, 0.15) is 113 Å². The quantitative estimate of drug-likeness (QED) is 0.143. The van der Waals surface area contributed by atoms with Crippen LogP contribution in [0.15, 0.2) is 176 Å². The average molecular weight is 835 g/mol. The molecule has 0 spiro atoms. The standard InChI is InChI=1S/C62H62N2/c1-43-14-12-13-35-62(43,48-23-29-52(30-24-48)63(50-15-6-4-7-16-50)51-17-8-5-9-18-51)49-25-31-54(32-26-49)64(55-33-34-57-56-19-10-11-20-58(56)60(2,3)59(57)39-55)53-27-21-47(22-28-53)61-40-44-36-45(41-61)38-46(37-44)42-61/h4-11,15-34,39,43-46H,12-14,35-38,40-42H2,1-3H3. The van der Waals surface area contributed by atoms with Crippen LogP contribution in [0.3, 0.4) is 0 Å². The Morgan fingerprint density at radius 1 is 0.422 bits per heavy atom. The molecule has 13 rings (SSSR count). The van der Waals surface area contributed by atoms with Crippen molar-refractivity contribution in [3.05, 3.63) is 204 Å². The lowest BCUT2D eigenvalue weighted by molar-refractivity contribution is -0.00518. The van der Waals surface area contributed by atoms with Crippen molar-refractivity contribution in [3.63, 3.8) is 0 Å². The molecular formula is C62H62N2. The van der Waals surface area contributed by atoms with Crippen molar-refractivity contribution in [2.45, 2.75) is 101 Å². The fourth-order valence-electron chi connectivity index (χ4n) is 14.5. The van der Waals surface area contributed by atoms with Gasteiger partial charge in [0.1, 0.15) is 0 Å². The third-order valence-corrected chi connectivity index (χ3v) is 17.2. The van der Waals surface area contributed by atoms with Gasteiger partial charge < -0.3 is 9.80 Å². The zero-order valence-corrected chi connectivity index (χ0v) is 38.0. The average Bonchev–Trinajstić information content (AvgIpc) is 3.55. The Hall–Kier alpha value is -5.86. The lowest BCUT2D eigenvalue weighted by Crippen LogP contribution is -2.48. The summed E-state index contributed by atoms with van der Waals surface area (Å²) in [5.74, 6) is 3.33. The molecular weight excluding hydrogens is 773 g/mol. The molecule has 6 aliphatic rings. The van der Waals surface area contributed by atoms with Gasteiger partial charge in [-0.15, -0.1) is 0 Å². The van der Waals surface area contributed by atoms with E-state index in [4.69, 9.17) is 0 Å². The molecule has 0 heterocycles. The molecule has 5 fully saturated rings. The third kappa shape index (κ3) is 6.41. The lowest BCUT2D eigenvalue weighted by Gasteiger charge is -2.57. The van der Waals surface area contributed by atoms with Crippen molar-refractivity contribution in [3.8, 4) is 11.1 Å². The molecule has 6 aliphatic carbocycles. The van der Waals surface area contributed by atoms with Gasteiger partial charge in [-0.25, -0.2) is 0 Å². The third-order valence-electron chi connectivity index (χ3n) is 17.2. The van der Waals surface area contributed by atoms with Crippen molar-refractivity contribution in [2.75, 3.05) is 9.80 Å². The van der Waals surface area contributed by atoms with Crippen LogP contribution in [0.5, 0.6) is 0 Å². The Morgan fingerprint density at radius 2 is 0.859 bits per heavy atom. The highest BCUT2D eigenvalue weighted by molar-refractivity contribution is 5.86. The number of hydrogen-bond donors (Lipinski definition) is 0. The van der Waals surface area contributed by atoms with Gasteiger partial charge in [-0.2, -0.15) is 0 Å². The van der Waals surface area contributed by atoms with E-state index in [2.05, 4.69) is 206 Å². The first-order chi connectivity index (χ1) is 31.3. The molecule has 2 nitrogen and oxygen atoms in total. The van der Waals surface area contributed by atoms with Gasteiger partial charge >= 0.3 is 0 Å². The summed E-state index contributed by atoms with van der Waals surface area (Å²) in [6, 6.07) is 67.2. The summed E-state index contributed by atoms with van der Waals surface area (Å²) >= 11 is 0. The monoisotopic (exact) mass is 834 g/mol. The molecule has 5 saturated carbocycles. The number of hydrogen-bond acceptors (Lipinski definition) is 2. The molecule has 7 aromatic rings. The van der Waals surface area contributed by atoms with Gasteiger partial charge in [-0.3, -0.25) is 0 Å². The van der Waals surface area contributed by atoms with Crippen molar-refractivity contribution in [2.24, 2.45) is 23.7 Å². The van der Waals surface area contributed by atoms with E-state index in [0.717, 1.165) is 24.2 Å². The zero-order valence-electron chi connectivity index (χ0n) is 38.0. The summed E-state index contributed by atoms with van der Waals surface area (Å²) in [4.78, 5) is 4.92. The van der Waals surface area contributed by atoms with E-state index in [-0.39, 0.29) is 10.8 Å². The molecule has 0 radical (unpaired) electrons. The molecule has 0 amide bonds. The Morgan fingerprint density at radius 3 is 1.39 bits per heavy atom. The number of para-hydroxylation sites is 2. The second-order valence-corrected chi connectivity index (χ2v) is 21.2. The Labute approximate surface area is 382 Å². The summed E-state index contributed by atoms with van der Waals surface area (Å²) in [5.41, 5.74) is 17.5. The predicted octanol–water partition coefficient (Wildman–Crippen LogP) is 16.9.